The van der Waals surface area contributed by atoms with E-state index in [1.807, 2.05) is 30.3 Å². The average molecular weight is 275 g/mol. The summed E-state index contributed by atoms with van der Waals surface area (Å²) in [4.78, 5) is 23.3. The molecule has 0 heterocycles. The summed E-state index contributed by atoms with van der Waals surface area (Å²) in [7, 11) is 0. The molecular weight excluding hydrogens is 258 g/mol. The predicted octanol–water partition coefficient (Wildman–Crippen LogP) is 2.17. The maximum Gasteiger partial charge on any atom is 0.408 e. The van der Waals surface area contributed by atoms with Crippen molar-refractivity contribution in [3.05, 3.63) is 35.9 Å². The molecule has 0 saturated heterocycles. The van der Waals surface area contributed by atoms with E-state index in [9.17, 15) is 14.7 Å². The van der Waals surface area contributed by atoms with Gasteiger partial charge in [0, 0.05) is 0 Å². The topological polar surface area (TPSA) is 75.6 Å². The standard InChI is InChI=1S/C15H17NO4/c17-13(18)15(8-11-6-12(15)7-11)16-14(19)20-9-10-4-2-1-3-5-10/h1-5,11-12H,6-9H2,(H,16,19)(H,17,18). The van der Waals surface area contributed by atoms with Crippen LogP contribution < -0.4 is 5.32 Å². The Kier molecular flexibility index (Phi) is 3.12. The van der Waals surface area contributed by atoms with Crippen LogP contribution in [0.4, 0.5) is 4.79 Å². The molecular formula is C15H17NO4. The molecule has 5 heteroatoms. The molecule has 1 amide bonds. The van der Waals surface area contributed by atoms with Crippen LogP contribution in [-0.4, -0.2) is 22.7 Å². The largest absolute Gasteiger partial charge is 0.479 e. The van der Waals surface area contributed by atoms with Crippen molar-refractivity contribution in [3.63, 3.8) is 0 Å². The Balaban J connectivity index is 1.59. The van der Waals surface area contributed by atoms with Crippen molar-refractivity contribution in [2.45, 2.75) is 31.4 Å². The van der Waals surface area contributed by atoms with Gasteiger partial charge in [-0.3, -0.25) is 0 Å². The van der Waals surface area contributed by atoms with Gasteiger partial charge in [0.2, 0.25) is 0 Å². The van der Waals surface area contributed by atoms with Gasteiger partial charge in [-0.15, -0.1) is 0 Å². The number of carbonyl (C=O) groups excluding carboxylic acids is 1. The number of aliphatic carboxylic acids is 1. The molecule has 0 aromatic heterocycles. The summed E-state index contributed by atoms with van der Waals surface area (Å²) in [5, 5.41) is 12.0. The Morgan fingerprint density at radius 3 is 2.55 bits per heavy atom. The summed E-state index contributed by atoms with van der Waals surface area (Å²) < 4.78 is 5.12. The van der Waals surface area contributed by atoms with Crippen molar-refractivity contribution in [2.24, 2.45) is 11.8 Å². The first-order chi connectivity index (χ1) is 9.60. The number of fused-ring (bicyclic) bond motifs is 1. The van der Waals surface area contributed by atoms with Crippen molar-refractivity contribution in [1.82, 2.24) is 5.32 Å². The van der Waals surface area contributed by atoms with Gasteiger partial charge in [0.1, 0.15) is 12.1 Å². The van der Waals surface area contributed by atoms with Gasteiger partial charge in [0.25, 0.3) is 0 Å². The molecule has 1 atom stereocenters. The van der Waals surface area contributed by atoms with Crippen molar-refractivity contribution in [3.8, 4) is 0 Å². The molecule has 3 aliphatic carbocycles. The number of rotatable bonds is 4. The first kappa shape index (κ1) is 13.0. The number of nitrogens with one attached hydrogen (secondary N) is 1. The highest BCUT2D eigenvalue weighted by molar-refractivity contribution is 5.85. The zero-order chi connectivity index (χ0) is 14.2. The highest BCUT2D eigenvalue weighted by atomic mass is 16.5. The van der Waals surface area contributed by atoms with Crippen LogP contribution in [-0.2, 0) is 16.1 Å². The zero-order valence-corrected chi connectivity index (χ0v) is 11.0. The number of amides is 1. The summed E-state index contributed by atoms with van der Waals surface area (Å²) >= 11 is 0. The van der Waals surface area contributed by atoms with E-state index in [1.165, 1.54) is 0 Å². The number of hydrogen-bond acceptors (Lipinski definition) is 3. The highest BCUT2D eigenvalue weighted by Gasteiger charge is 2.60. The normalized spacial score (nSPS) is 30.4. The number of alkyl carbamates (subject to hydrolysis) is 1. The molecule has 1 aromatic carbocycles. The number of ether oxygens (including phenoxy) is 1. The molecule has 4 rings (SSSR count). The van der Waals surface area contributed by atoms with Gasteiger partial charge in [-0.1, -0.05) is 30.3 Å². The van der Waals surface area contributed by atoms with Gasteiger partial charge in [-0.05, 0) is 36.7 Å². The minimum Gasteiger partial charge on any atom is -0.479 e. The lowest BCUT2D eigenvalue weighted by molar-refractivity contribution is -0.145. The van der Waals surface area contributed by atoms with Crippen LogP contribution in [0.2, 0.25) is 0 Å². The zero-order valence-electron chi connectivity index (χ0n) is 11.0. The molecule has 3 aliphatic rings. The second-order valence-corrected chi connectivity index (χ2v) is 5.70. The second-order valence-electron chi connectivity index (χ2n) is 5.70. The minimum atomic E-state index is -1.11. The highest BCUT2D eigenvalue weighted by Crippen LogP contribution is 2.54. The minimum absolute atomic E-state index is 0.0503. The Morgan fingerprint density at radius 1 is 1.30 bits per heavy atom. The first-order valence-electron chi connectivity index (χ1n) is 6.82. The van der Waals surface area contributed by atoms with Gasteiger partial charge >= 0.3 is 12.1 Å². The van der Waals surface area contributed by atoms with Gasteiger partial charge in [0.15, 0.2) is 0 Å². The molecule has 20 heavy (non-hydrogen) atoms. The van der Waals surface area contributed by atoms with E-state index in [0.29, 0.717) is 12.3 Å². The maximum atomic E-state index is 11.8. The predicted molar refractivity (Wildman–Crippen MR) is 71.0 cm³/mol. The number of hydrogen-bond donors (Lipinski definition) is 2. The molecule has 0 aliphatic heterocycles. The van der Waals surface area contributed by atoms with Crippen molar-refractivity contribution >= 4 is 12.1 Å². The quantitative estimate of drug-likeness (QED) is 0.883. The van der Waals surface area contributed by atoms with E-state index < -0.39 is 17.6 Å². The number of carbonyl (C=O) groups is 2. The van der Waals surface area contributed by atoms with E-state index >= 15 is 0 Å². The smallest absolute Gasteiger partial charge is 0.408 e. The Labute approximate surface area is 116 Å². The Morgan fingerprint density at radius 2 is 2.00 bits per heavy atom. The number of carboxylic acids is 1. The SMILES string of the molecule is O=C(NC1(C(=O)O)CC2CC1C2)OCc1ccccc1. The fourth-order valence-electron chi connectivity index (χ4n) is 3.34. The molecule has 106 valence electrons. The van der Waals surface area contributed by atoms with Crippen molar-refractivity contribution in [2.75, 3.05) is 0 Å². The van der Waals surface area contributed by atoms with Crippen LogP contribution in [0.25, 0.3) is 0 Å². The lowest BCUT2D eigenvalue weighted by atomic mass is 9.80. The van der Waals surface area contributed by atoms with E-state index in [-0.39, 0.29) is 12.5 Å². The average Bonchev–Trinajstić information content (AvgIpc) is 2.93. The van der Waals surface area contributed by atoms with Crippen LogP contribution in [0.5, 0.6) is 0 Å². The maximum absolute atomic E-state index is 11.8. The Bertz CT molecular complexity index is 524. The summed E-state index contributed by atoms with van der Waals surface area (Å²) in [5.74, 6) is -0.459. The molecule has 3 saturated carbocycles. The van der Waals surface area contributed by atoms with E-state index in [4.69, 9.17) is 4.74 Å². The van der Waals surface area contributed by atoms with Crippen LogP contribution in [0, 0.1) is 11.8 Å². The molecule has 2 N–H and O–H groups in total. The second kappa shape index (κ2) is 4.81. The molecule has 1 aromatic rings. The van der Waals surface area contributed by atoms with Crippen molar-refractivity contribution < 1.29 is 19.4 Å². The number of carboxylic acid groups (broad SMARTS) is 1. The van der Waals surface area contributed by atoms with E-state index in [0.717, 1.165) is 18.4 Å². The molecule has 0 radical (unpaired) electrons. The van der Waals surface area contributed by atoms with E-state index in [2.05, 4.69) is 5.32 Å². The van der Waals surface area contributed by atoms with Crippen molar-refractivity contribution in [1.29, 1.82) is 0 Å². The third kappa shape index (κ3) is 2.13. The lowest BCUT2D eigenvalue weighted by Gasteiger charge is -2.31. The van der Waals surface area contributed by atoms with Gasteiger partial charge < -0.3 is 15.2 Å². The molecule has 0 spiro atoms. The number of benzene rings is 1. The van der Waals surface area contributed by atoms with Crippen LogP contribution >= 0.6 is 0 Å². The lowest BCUT2D eigenvalue weighted by Crippen LogP contribution is -2.56. The fourth-order valence-corrected chi connectivity index (χ4v) is 3.34. The molecule has 1 unspecified atom stereocenters. The molecule has 2 bridgehead atoms. The molecule has 5 nitrogen and oxygen atoms in total. The van der Waals surface area contributed by atoms with Crippen LogP contribution in [0.1, 0.15) is 24.8 Å². The monoisotopic (exact) mass is 275 g/mol. The van der Waals surface area contributed by atoms with Gasteiger partial charge in [0.05, 0.1) is 0 Å². The fraction of sp³-hybridized carbons (Fsp3) is 0.467. The van der Waals surface area contributed by atoms with E-state index in [1.54, 1.807) is 0 Å². The summed E-state index contributed by atoms with van der Waals surface area (Å²) in [6.45, 7) is 0.149. The van der Waals surface area contributed by atoms with Gasteiger partial charge in [-0.2, -0.15) is 0 Å². The van der Waals surface area contributed by atoms with Crippen LogP contribution in [0.3, 0.4) is 0 Å². The Hall–Kier alpha value is -2.04. The summed E-state index contributed by atoms with van der Waals surface area (Å²) in [5.41, 5.74) is -0.235. The summed E-state index contributed by atoms with van der Waals surface area (Å²) in [6.07, 6.45) is 1.66. The summed E-state index contributed by atoms with van der Waals surface area (Å²) in [6, 6.07) is 9.32. The molecule has 3 fully saturated rings. The van der Waals surface area contributed by atoms with Gasteiger partial charge in [-0.25, -0.2) is 9.59 Å². The third-order valence-corrected chi connectivity index (χ3v) is 4.46. The third-order valence-electron chi connectivity index (χ3n) is 4.46. The van der Waals surface area contributed by atoms with Crippen LogP contribution in [0.15, 0.2) is 30.3 Å². The first-order valence-corrected chi connectivity index (χ1v) is 6.82.